The summed E-state index contributed by atoms with van der Waals surface area (Å²) in [5, 5.41) is 1.31. The van der Waals surface area contributed by atoms with Gasteiger partial charge in [-0.1, -0.05) is 42.0 Å². The summed E-state index contributed by atoms with van der Waals surface area (Å²) in [6.07, 6.45) is 2.14. The number of fused-ring (bicyclic) bond motifs is 1. The lowest BCUT2D eigenvalue weighted by molar-refractivity contribution is -0.117. The SMILES string of the molecule is COc1cc2nccc(Oc3ccc(CC(=S)CC(=O)Cc4ccc(Cl)cc4)c(F)c3)c2cc1OC. The summed E-state index contributed by atoms with van der Waals surface area (Å²) in [6, 6.07) is 16.9. The van der Waals surface area contributed by atoms with E-state index in [1.807, 2.05) is 0 Å². The first kappa shape index (κ1) is 25.5. The molecule has 0 amide bonds. The van der Waals surface area contributed by atoms with E-state index < -0.39 is 5.82 Å². The number of Topliss-reactive ketones (excluding diaryl/α,β-unsaturated/α-hetero) is 1. The lowest BCUT2D eigenvalue weighted by Crippen LogP contribution is -2.11. The Hall–Kier alpha value is -3.55. The number of pyridine rings is 1. The predicted molar refractivity (Wildman–Crippen MR) is 142 cm³/mol. The standard InChI is InChI=1S/C28H23ClFNO4S/c1-33-27-15-23-25(16-28(27)34-2)31-10-9-26(23)35-21-8-5-18(24(30)14-21)12-22(36)13-20(32)11-17-3-6-19(29)7-4-17/h3-10,14-16H,11-13H2,1-2H3. The van der Waals surface area contributed by atoms with Gasteiger partial charge in [-0.2, -0.15) is 0 Å². The second-order valence-electron chi connectivity index (χ2n) is 8.12. The van der Waals surface area contributed by atoms with Gasteiger partial charge >= 0.3 is 0 Å². The molecular weight excluding hydrogens is 501 g/mol. The number of methoxy groups -OCH3 is 2. The smallest absolute Gasteiger partial charge is 0.162 e. The van der Waals surface area contributed by atoms with Crippen LogP contribution in [-0.2, 0) is 17.6 Å². The molecule has 0 saturated heterocycles. The Labute approximate surface area is 218 Å². The third-order valence-corrected chi connectivity index (χ3v) is 6.10. The minimum atomic E-state index is -0.461. The molecule has 0 saturated carbocycles. The van der Waals surface area contributed by atoms with E-state index in [9.17, 15) is 9.18 Å². The van der Waals surface area contributed by atoms with Crippen molar-refractivity contribution >= 4 is 45.4 Å². The van der Waals surface area contributed by atoms with Crippen molar-refractivity contribution in [3.05, 3.63) is 88.8 Å². The van der Waals surface area contributed by atoms with Crippen LogP contribution in [0.2, 0.25) is 5.02 Å². The fourth-order valence-electron chi connectivity index (χ4n) is 3.79. The lowest BCUT2D eigenvalue weighted by Gasteiger charge is -2.13. The van der Waals surface area contributed by atoms with Crippen LogP contribution in [0.25, 0.3) is 10.9 Å². The van der Waals surface area contributed by atoms with E-state index >= 15 is 0 Å². The van der Waals surface area contributed by atoms with E-state index in [0.29, 0.717) is 49.4 Å². The first-order chi connectivity index (χ1) is 17.4. The van der Waals surface area contributed by atoms with Gasteiger partial charge in [-0.05, 0) is 41.5 Å². The van der Waals surface area contributed by atoms with Crippen LogP contribution in [0.4, 0.5) is 4.39 Å². The highest BCUT2D eigenvalue weighted by molar-refractivity contribution is 7.80. The highest BCUT2D eigenvalue weighted by Crippen LogP contribution is 2.37. The number of ketones is 1. The molecule has 4 rings (SSSR count). The Morgan fingerprint density at radius 2 is 1.67 bits per heavy atom. The first-order valence-electron chi connectivity index (χ1n) is 11.1. The Morgan fingerprint density at radius 3 is 2.36 bits per heavy atom. The molecule has 0 unspecified atom stereocenters. The Bertz CT molecular complexity index is 1430. The molecule has 0 spiro atoms. The monoisotopic (exact) mass is 523 g/mol. The van der Waals surface area contributed by atoms with Crippen molar-refractivity contribution in [3.63, 3.8) is 0 Å². The maximum Gasteiger partial charge on any atom is 0.162 e. The molecule has 184 valence electrons. The molecule has 3 aromatic carbocycles. The molecule has 36 heavy (non-hydrogen) atoms. The van der Waals surface area contributed by atoms with Crippen molar-refractivity contribution in [1.82, 2.24) is 4.98 Å². The van der Waals surface area contributed by atoms with E-state index in [-0.39, 0.29) is 25.0 Å². The number of nitrogens with zero attached hydrogens (tertiary/aromatic N) is 1. The van der Waals surface area contributed by atoms with Gasteiger partial charge in [0.1, 0.15) is 23.1 Å². The number of benzene rings is 3. The Kier molecular flexibility index (Phi) is 8.13. The van der Waals surface area contributed by atoms with Crippen molar-refractivity contribution in [3.8, 4) is 23.0 Å². The Balaban J connectivity index is 1.44. The third-order valence-electron chi connectivity index (χ3n) is 5.56. The molecule has 1 aromatic heterocycles. The molecule has 0 bridgehead atoms. The molecule has 4 aromatic rings. The molecule has 8 heteroatoms. The molecule has 0 N–H and O–H groups in total. The number of ether oxygens (including phenoxy) is 3. The van der Waals surface area contributed by atoms with Crippen molar-refractivity contribution in [2.24, 2.45) is 0 Å². The number of carbonyl (C=O) groups is 1. The van der Waals surface area contributed by atoms with Crippen LogP contribution in [0.15, 0.2) is 66.9 Å². The predicted octanol–water partition coefficient (Wildman–Crippen LogP) is 6.95. The highest BCUT2D eigenvalue weighted by Gasteiger charge is 2.14. The van der Waals surface area contributed by atoms with Crippen LogP contribution in [0.1, 0.15) is 17.5 Å². The second-order valence-corrected chi connectivity index (χ2v) is 9.14. The molecule has 0 aliphatic heterocycles. The van der Waals surface area contributed by atoms with Gasteiger partial charge in [0, 0.05) is 52.9 Å². The maximum atomic E-state index is 14.9. The number of hydrogen-bond donors (Lipinski definition) is 0. The maximum absolute atomic E-state index is 14.9. The van der Waals surface area contributed by atoms with Crippen molar-refractivity contribution in [1.29, 1.82) is 0 Å². The van der Waals surface area contributed by atoms with Gasteiger partial charge in [0.2, 0.25) is 0 Å². The van der Waals surface area contributed by atoms with E-state index in [4.69, 9.17) is 38.0 Å². The zero-order chi connectivity index (χ0) is 25.7. The number of hydrogen-bond acceptors (Lipinski definition) is 6. The Morgan fingerprint density at radius 1 is 0.944 bits per heavy atom. The number of thiocarbonyl (C=S) groups is 1. The molecule has 0 radical (unpaired) electrons. The van der Waals surface area contributed by atoms with E-state index in [2.05, 4.69) is 4.98 Å². The van der Waals surface area contributed by atoms with Crippen LogP contribution in [0.5, 0.6) is 23.0 Å². The minimum Gasteiger partial charge on any atom is -0.493 e. The summed E-state index contributed by atoms with van der Waals surface area (Å²) < 4.78 is 31.6. The minimum absolute atomic E-state index is 0.0284. The topological polar surface area (TPSA) is 57.7 Å². The number of rotatable bonds is 10. The summed E-state index contributed by atoms with van der Waals surface area (Å²) in [5.41, 5.74) is 1.91. The second kappa shape index (κ2) is 11.5. The van der Waals surface area contributed by atoms with E-state index in [1.54, 1.807) is 75.0 Å². The van der Waals surface area contributed by atoms with E-state index in [1.165, 1.54) is 6.07 Å². The molecule has 1 heterocycles. The number of aromatic nitrogens is 1. The average Bonchev–Trinajstić information content (AvgIpc) is 2.86. The fraction of sp³-hybridized carbons (Fsp3) is 0.179. The quantitative estimate of drug-likeness (QED) is 0.210. The van der Waals surface area contributed by atoms with Gasteiger partial charge in [0.05, 0.1) is 19.7 Å². The van der Waals surface area contributed by atoms with Gasteiger partial charge in [0.25, 0.3) is 0 Å². The summed E-state index contributed by atoms with van der Waals surface area (Å²) in [7, 11) is 3.10. The van der Waals surface area contributed by atoms with Crippen LogP contribution >= 0.6 is 23.8 Å². The van der Waals surface area contributed by atoms with Crippen molar-refractivity contribution in [2.75, 3.05) is 14.2 Å². The number of carbonyl (C=O) groups excluding carboxylic acids is 1. The lowest BCUT2D eigenvalue weighted by atomic mass is 10.0. The van der Waals surface area contributed by atoms with Crippen LogP contribution in [0.3, 0.4) is 0 Å². The zero-order valence-electron chi connectivity index (χ0n) is 19.7. The zero-order valence-corrected chi connectivity index (χ0v) is 21.3. The van der Waals surface area contributed by atoms with E-state index in [0.717, 1.165) is 5.56 Å². The molecule has 0 aliphatic carbocycles. The molecule has 0 fully saturated rings. The summed E-state index contributed by atoms with van der Waals surface area (Å²) in [5.74, 6) is 1.41. The van der Waals surface area contributed by atoms with Crippen molar-refractivity contribution in [2.45, 2.75) is 19.3 Å². The third kappa shape index (κ3) is 6.17. The normalized spacial score (nSPS) is 10.8. The van der Waals surface area contributed by atoms with Crippen LogP contribution < -0.4 is 14.2 Å². The van der Waals surface area contributed by atoms with Gasteiger partial charge in [-0.3, -0.25) is 9.78 Å². The molecule has 0 atom stereocenters. The molecular formula is C28H23ClFNO4S. The van der Waals surface area contributed by atoms with Gasteiger partial charge in [-0.15, -0.1) is 0 Å². The van der Waals surface area contributed by atoms with Gasteiger partial charge in [0.15, 0.2) is 11.5 Å². The molecule has 0 aliphatic rings. The summed E-state index contributed by atoms with van der Waals surface area (Å²) in [4.78, 5) is 17.2. The highest BCUT2D eigenvalue weighted by atomic mass is 35.5. The fourth-order valence-corrected chi connectivity index (χ4v) is 4.23. The number of halogens is 2. The molecule has 5 nitrogen and oxygen atoms in total. The van der Waals surface area contributed by atoms with Crippen LogP contribution in [-0.4, -0.2) is 29.9 Å². The van der Waals surface area contributed by atoms with Gasteiger partial charge < -0.3 is 14.2 Å². The van der Waals surface area contributed by atoms with Crippen LogP contribution in [0, 0.1) is 5.82 Å². The summed E-state index contributed by atoms with van der Waals surface area (Å²) >= 11 is 11.3. The largest absolute Gasteiger partial charge is 0.493 e. The van der Waals surface area contributed by atoms with Gasteiger partial charge in [-0.25, -0.2) is 4.39 Å². The summed E-state index contributed by atoms with van der Waals surface area (Å²) in [6.45, 7) is 0. The average molecular weight is 524 g/mol. The van der Waals surface area contributed by atoms with Crippen molar-refractivity contribution < 1.29 is 23.4 Å². The first-order valence-corrected chi connectivity index (χ1v) is 11.9.